The average Bonchev–Trinajstić information content (AvgIpc) is 3.65. The van der Waals surface area contributed by atoms with Crippen molar-refractivity contribution in [2.24, 2.45) is 0 Å². The molecule has 0 nitrogen and oxygen atoms in total. The van der Waals surface area contributed by atoms with Gasteiger partial charge in [-0.2, -0.15) is 0 Å². The van der Waals surface area contributed by atoms with E-state index in [9.17, 15) is 0 Å². The first-order valence-corrected chi connectivity index (χ1v) is 27.0. The molecule has 7 rings (SSSR count). The standard InChI is InChI=1S/C65H84.2CH4/c1-7-11-15-19-21-23-27-35-56-57(34-26-22-20-16-12-8-2)63(65-59-37-29-33-51-32-28-36-58(61(51)59)64(65)62(56)52-40-38-48(5)39-41-52)53-44-42-50(43-45-53)60-47-54(30-24-17-13-9-3)49(6)46-55(60)31-25-18-14-10-4;;/h28-29,32-33,36-47H,7-27,30-31,34-35H2,1-6H3;2*1H4. The Bertz CT molecular complexity index is 2400. The third kappa shape index (κ3) is 13.2. The Morgan fingerprint density at radius 3 is 1.19 bits per heavy atom. The molecule has 0 aromatic heterocycles. The largest absolute Gasteiger partial charge is 0.0776 e. The highest BCUT2D eigenvalue weighted by atomic mass is 14.3. The summed E-state index contributed by atoms with van der Waals surface area (Å²) >= 11 is 0. The van der Waals surface area contributed by atoms with Gasteiger partial charge in [0, 0.05) is 0 Å². The second kappa shape index (κ2) is 27.5. The number of hydrogen-bond acceptors (Lipinski definition) is 0. The Morgan fingerprint density at radius 1 is 0.328 bits per heavy atom. The van der Waals surface area contributed by atoms with E-state index in [1.807, 2.05) is 0 Å². The minimum atomic E-state index is 0. The molecule has 0 radical (unpaired) electrons. The number of benzene rings is 6. The van der Waals surface area contributed by atoms with Crippen LogP contribution in [0.5, 0.6) is 0 Å². The maximum Gasteiger partial charge on any atom is -0.00109 e. The molecule has 0 spiro atoms. The third-order valence-electron chi connectivity index (χ3n) is 15.0. The molecule has 6 aromatic rings. The zero-order valence-electron chi connectivity index (χ0n) is 41.9. The zero-order valence-corrected chi connectivity index (χ0v) is 41.9. The SMILES string of the molecule is C.C.CCCCCCCCCc1c(CCCCCCCC)c(-c2ccc(-c3cc(CCCCCC)c(C)cc3CCCCCC)cc2)c2c(c1-c1ccc(C)cc1)-c1cccc3cccc-2c13. The Morgan fingerprint density at radius 2 is 0.716 bits per heavy atom. The summed E-state index contributed by atoms with van der Waals surface area (Å²) in [4.78, 5) is 0. The van der Waals surface area contributed by atoms with Gasteiger partial charge in [0.05, 0.1) is 0 Å². The third-order valence-corrected chi connectivity index (χ3v) is 15.0. The highest BCUT2D eigenvalue weighted by Gasteiger charge is 2.32. The summed E-state index contributed by atoms with van der Waals surface area (Å²) in [5.74, 6) is 0. The van der Waals surface area contributed by atoms with E-state index in [2.05, 4.69) is 139 Å². The van der Waals surface area contributed by atoms with Gasteiger partial charge in [-0.25, -0.2) is 0 Å². The van der Waals surface area contributed by atoms with E-state index in [0.29, 0.717) is 0 Å². The van der Waals surface area contributed by atoms with Crippen molar-refractivity contribution in [1.82, 2.24) is 0 Å². The quantitative estimate of drug-likeness (QED) is 0.0430. The highest BCUT2D eigenvalue weighted by molar-refractivity contribution is 6.22. The molecule has 0 bridgehead atoms. The second-order valence-corrected chi connectivity index (χ2v) is 20.1. The molecule has 0 saturated heterocycles. The fraction of sp³-hybridized carbons (Fsp3) is 0.493. The first-order chi connectivity index (χ1) is 32.0. The molecule has 0 amide bonds. The van der Waals surface area contributed by atoms with E-state index >= 15 is 0 Å². The molecule has 0 heterocycles. The predicted octanol–water partition coefficient (Wildman–Crippen LogP) is 21.8. The van der Waals surface area contributed by atoms with Crippen LogP contribution in [0.25, 0.3) is 66.4 Å². The molecule has 1 aliphatic rings. The summed E-state index contributed by atoms with van der Waals surface area (Å²) < 4.78 is 0. The van der Waals surface area contributed by atoms with E-state index in [-0.39, 0.29) is 14.9 Å². The smallest absolute Gasteiger partial charge is 0.00109 e. The number of hydrogen-bond donors (Lipinski definition) is 0. The van der Waals surface area contributed by atoms with Gasteiger partial charge in [0.25, 0.3) is 0 Å². The Labute approximate surface area is 411 Å². The molecule has 6 aromatic carbocycles. The van der Waals surface area contributed by atoms with Crippen LogP contribution >= 0.6 is 0 Å². The van der Waals surface area contributed by atoms with Crippen LogP contribution in [-0.4, -0.2) is 0 Å². The number of rotatable bonds is 28. The molecule has 0 aliphatic heterocycles. The van der Waals surface area contributed by atoms with Crippen LogP contribution in [-0.2, 0) is 25.7 Å². The molecule has 0 unspecified atom stereocenters. The van der Waals surface area contributed by atoms with E-state index in [1.165, 1.54) is 224 Å². The average molecular weight is 897 g/mol. The van der Waals surface area contributed by atoms with Crippen molar-refractivity contribution >= 4 is 10.8 Å². The summed E-state index contributed by atoms with van der Waals surface area (Å²) in [6, 6.07) is 39.0. The lowest BCUT2D eigenvalue weighted by atomic mass is 9.77. The molecule has 0 fully saturated rings. The molecule has 1 aliphatic carbocycles. The summed E-state index contributed by atoms with van der Waals surface area (Å²) in [6.07, 6.45) is 32.2. The van der Waals surface area contributed by atoms with Gasteiger partial charge in [-0.15, -0.1) is 0 Å². The number of aryl methyl sites for hydroxylation is 4. The van der Waals surface area contributed by atoms with Gasteiger partial charge in [-0.3, -0.25) is 0 Å². The maximum atomic E-state index is 2.60. The van der Waals surface area contributed by atoms with Gasteiger partial charge in [-0.05, 0) is 159 Å². The van der Waals surface area contributed by atoms with Gasteiger partial charge in [0.2, 0.25) is 0 Å². The van der Waals surface area contributed by atoms with Crippen molar-refractivity contribution in [3.8, 4) is 55.6 Å². The van der Waals surface area contributed by atoms with E-state index in [1.54, 1.807) is 16.7 Å². The van der Waals surface area contributed by atoms with E-state index in [4.69, 9.17) is 0 Å². The summed E-state index contributed by atoms with van der Waals surface area (Å²) in [7, 11) is 0. The van der Waals surface area contributed by atoms with E-state index in [0.717, 1.165) is 19.3 Å². The molecule has 0 atom stereocenters. The predicted molar refractivity (Wildman–Crippen MR) is 302 cm³/mol. The Balaban J connectivity index is 0.00000420. The molecule has 67 heavy (non-hydrogen) atoms. The molecule has 0 saturated carbocycles. The lowest BCUT2D eigenvalue weighted by Gasteiger charge is -2.26. The van der Waals surface area contributed by atoms with Crippen molar-refractivity contribution < 1.29 is 0 Å². The molecule has 0 N–H and O–H groups in total. The van der Waals surface area contributed by atoms with Crippen molar-refractivity contribution in [1.29, 1.82) is 0 Å². The van der Waals surface area contributed by atoms with Crippen LogP contribution in [0, 0.1) is 13.8 Å². The minimum Gasteiger partial charge on any atom is -0.0776 e. The van der Waals surface area contributed by atoms with Crippen molar-refractivity contribution in [3.05, 3.63) is 130 Å². The first kappa shape index (κ1) is 53.5. The minimum absolute atomic E-state index is 0. The van der Waals surface area contributed by atoms with Crippen molar-refractivity contribution in [2.75, 3.05) is 0 Å². The van der Waals surface area contributed by atoms with Gasteiger partial charge in [-0.1, -0.05) is 254 Å². The lowest BCUT2D eigenvalue weighted by Crippen LogP contribution is -2.06. The van der Waals surface area contributed by atoms with Crippen molar-refractivity contribution in [2.45, 2.75) is 217 Å². The Kier molecular flexibility index (Phi) is 22.0. The van der Waals surface area contributed by atoms with Crippen molar-refractivity contribution in [3.63, 3.8) is 0 Å². The van der Waals surface area contributed by atoms with E-state index < -0.39 is 0 Å². The van der Waals surface area contributed by atoms with Crippen LogP contribution in [0.2, 0.25) is 0 Å². The summed E-state index contributed by atoms with van der Waals surface area (Å²) in [6.45, 7) is 13.9. The van der Waals surface area contributed by atoms with Gasteiger partial charge < -0.3 is 0 Å². The van der Waals surface area contributed by atoms with Crippen LogP contribution in [0.15, 0.2) is 97.1 Å². The number of unbranched alkanes of at least 4 members (excludes halogenated alkanes) is 17. The Hall–Kier alpha value is -4.42. The summed E-state index contributed by atoms with van der Waals surface area (Å²) in [5, 5.41) is 2.79. The van der Waals surface area contributed by atoms with Crippen LogP contribution < -0.4 is 0 Å². The normalized spacial score (nSPS) is 11.5. The van der Waals surface area contributed by atoms with Crippen LogP contribution in [0.3, 0.4) is 0 Å². The first-order valence-electron chi connectivity index (χ1n) is 27.0. The molecule has 0 heteroatoms. The number of fused-ring (bicyclic) bond motifs is 3. The van der Waals surface area contributed by atoms with Gasteiger partial charge >= 0.3 is 0 Å². The van der Waals surface area contributed by atoms with Gasteiger partial charge in [0.1, 0.15) is 0 Å². The van der Waals surface area contributed by atoms with Gasteiger partial charge in [0.15, 0.2) is 0 Å². The maximum absolute atomic E-state index is 2.60. The molecular formula is C67H92. The molecule has 360 valence electrons. The van der Waals surface area contributed by atoms with Crippen LogP contribution in [0.1, 0.15) is 211 Å². The zero-order chi connectivity index (χ0) is 45.4. The fourth-order valence-corrected chi connectivity index (χ4v) is 11.3. The fourth-order valence-electron chi connectivity index (χ4n) is 11.3. The lowest BCUT2D eigenvalue weighted by molar-refractivity contribution is 0.587. The molecular weight excluding hydrogens is 805 g/mol. The highest BCUT2D eigenvalue weighted by Crippen LogP contribution is 2.57. The summed E-state index contributed by atoms with van der Waals surface area (Å²) in [5.41, 5.74) is 23.6. The second-order valence-electron chi connectivity index (χ2n) is 20.1. The topological polar surface area (TPSA) is 0 Å². The van der Waals surface area contributed by atoms with Crippen LogP contribution in [0.4, 0.5) is 0 Å². The monoisotopic (exact) mass is 897 g/mol.